The van der Waals surface area contributed by atoms with Gasteiger partial charge in [-0.05, 0) is 35.9 Å². The number of aromatic nitrogens is 1. The first-order valence-electron chi connectivity index (χ1n) is 6.73. The van der Waals surface area contributed by atoms with E-state index in [2.05, 4.69) is 9.71 Å². The van der Waals surface area contributed by atoms with Crippen LogP contribution in [-0.4, -0.2) is 20.5 Å². The van der Waals surface area contributed by atoms with Gasteiger partial charge < -0.3 is 9.15 Å². The number of nitrogens with zero attached hydrogens (tertiary/aromatic N) is 1. The Labute approximate surface area is 133 Å². The summed E-state index contributed by atoms with van der Waals surface area (Å²) < 4.78 is 38.0. The number of methoxy groups -OCH3 is 1. The lowest BCUT2D eigenvalue weighted by molar-refractivity contribution is 0.403. The minimum Gasteiger partial charge on any atom is -0.495 e. The van der Waals surface area contributed by atoms with Crippen LogP contribution in [0.25, 0.3) is 11.1 Å². The fourth-order valence-electron chi connectivity index (χ4n) is 2.13. The van der Waals surface area contributed by atoms with Gasteiger partial charge in [-0.1, -0.05) is 6.07 Å². The van der Waals surface area contributed by atoms with E-state index in [1.54, 1.807) is 48.9 Å². The first kappa shape index (κ1) is 15.1. The summed E-state index contributed by atoms with van der Waals surface area (Å²) >= 11 is 0. The summed E-state index contributed by atoms with van der Waals surface area (Å²) in [6, 6.07) is 9.95. The molecule has 2 heterocycles. The average Bonchev–Trinajstić information content (AvgIpc) is 3.09. The first-order valence-corrected chi connectivity index (χ1v) is 8.22. The van der Waals surface area contributed by atoms with Gasteiger partial charge in [0.1, 0.15) is 10.6 Å². The molecule has 1 aromatic carbocycles. The van der Waals surface area contributed by atoms with Gasteiger partial charge in [0.2, 0.25) is 0 Å². The van der Waals surface area contributed by atoms with Gasteiger partial charge in [0.15, 0.2) is 0 Å². The van der Waals surface area contributed by atoms with Crippen molar-refractivity contribution in [3.8, 4) is 16.9 Å². The lowest BCUT2D eigenvalue weighted by atomic mass is 10.1. The fraction of sp³-hybridized carbons (Fsp3) is 0.0625. The molecular formula is C16H14N2O4S. The number of benzene rings is 1. The van der Waals surface area contributed by atoms with E-state index in [4.69, 9.17) is 9.15 Å². The Morgan fingerprint density at radius 3 is 2.70 bits per heavy atom. The topological polar surface area (TPSA) is 81.4 Å². The van der Waals surface area contributed by atoms with E-state index in [0.717, 1.165) is 5.56 Å². The van der Waals surface area contributed by atoms with E-state index in [1.807, 2.05) is 0 Å². The van der Waals surface area contributed by atoms with E-state index in [1.165, 1.54) is 19.6 Å². The Hall–Kier alpha value is -2.80. The van der Waals surface area contributed by atoms with Crippen molar-refractivity contribution in [2.24, 2.45) is 0 Å². The van der Waals surface area contributed by atoms with Gasteiger partial charge in [-0.25, -0.2) is 8.42 Å². The zero-order valence-corrected chi connectivity index (χ0v) is 13.1. The van der Waals surface area contributed by atoms with Crippen molar-refractivity contribution >= 4 is 15.7 Å². The zero-order valence-electron chi connectivity index (χ0n) is 12.3. The van der Waals surface area contributed by atoms with Crippen LogP contribution in [0.5, 0.6) is 5.75 Å². The normalized spacial score (nSPS) is 11.2. The molecule has 118 valence electrons. The van der Waals surface area contributed by atoms with Gasteiger partial charge in [0, 0.05) is 11.8 Å². The van der Waals surface area contributed by atoms with Gasteiger partial charge in [0.05, 0.1) is 31.5 Å². The zero-order chi connectivity index (χ0) is 16.3. The van der Waals surface area contributed by atoms with Crippen molar-refractivity contribution in [3.05, 3.63) is 61.3 Å². The molecule has 0 fully saturated rings. The molecule has 0 aliphatic rings. The van der Waals surface area contributed by atoms with E-state index < -0.39 is 10.0 Å². The van der Waals surface area contributed by atoms with Crippen LogP contribution in [0.1, 0.15) is 0 Å². The highest BCUT2D eigenvalue weighted by atomic mass is 32.2. The molecule has 0 saturated carbocycles. The number of sulfonamides is 1. The van der Waals surface area contributed by atoms with Crippen molar-refractivity contribution in [3.63, 3.8) is 0 Å². The molecule has 23 heavy (non-hydrogen) atoms. The van der Waals surface area contributed by atoms with Crippen LogP contribution in [0.4, 0.5) is 5.69 Å². The SMILES string of the molecule is COc1ccc(-c2ccoc2)cc1S(=O)(=O)Nc1cccnc1. The maximum Gasteiger partial charge on any atom is 0.265 e. The molecular weight excluding hydrogens is 316 g/mol. The van der Waals surface area contributed by atoms with Crippen LogP contribution in [-0.2, 0) is 10.0 Å². The summed E-state index contributed by atoms with van der Waals surface area (Å²) in [5.74, 6) is 0.258. The summed E-state index contributed by atoms with van der Waals surface area (Å²) in [7, 11) is -2.39. The Morgan fingerprint density at radius 2 is 2.04 bits per heavy atom. The molecule has 2 aromatic heterocycles. The van der Waals surface area contributed by atoms with Gasteiger partial charge in [-0.3, -0.25) is 9.71 Å². The number of nitrogens with one attached hydrogen (secondary N) is 1. The number of hydrogen-bond donors (Lipinski definition) is 1. The number of pyridine rings is 1. The minimum atomic E-state index is -3.82. The van der Waals surface area contributed by atoms with Gasteiger partial charge >= 0.3 is 0 Å². The quantitative estimate of drug-likeness (QED) is 0.777. The molecule has 0 spiro atoms. The summed E-state index contributed by atoms with van der Waals surface area (Å²) in [6.07, 6.45) is 6.08. The summed E-state index contributed by atoms with van der Waals surface area (Å²) in [5, 5.41) is 0. The third-order valence-corrected chi connectivity index (χ3v) is 4.62. The van der Waals surface area contributed by atoms with Gasteiger partial charge in [-0.2, -0.15) is 0 Å². The number of ether oxygens (including phenoxy) is 1. The predicted molar refractivity (Wildman–Crippen MR) is 85.7 cm³/mol. The van der Waals surface area contributed by atoms with Crippen LogP contribution in [0.2, 0.25) is 0 Å². The van der Waals surface area contributed by atoms with Crippen molar-refractivity contribution in [2.75, 3.05) is 11.8 Å². The largest absolute Gasteiger partial charge is 0.495 e. The number of furan rings is 1. The highest BCUT2D eigenvalue weighted by Gasteiger charge is 2.21. The van der Waals surface area contributed by atoms with Crippen molar-refractivity contribution in [2.45, 2.75) is 4.90 Å². The van der Waals surface area contributed by atoms with E-state index in [-0.39, 0.29) is 10.6 Å². The maximum absolute atomic E-state index is 12.7. The smallest absolute Gasteiger partial charge is 0.265 e. The highest BCUT2D eigenvalue weighted by molar-refractivity contribution is 7.92. The maximum atomic E-state index is 12.7. The molecule has 7 heteroatoms. The number of anilines is 1. The summed E-state index contributed by atoms with van der Waals surface area (Å²) in [6.45, 7) is 0. The molecule has 3 rings (SSSR count). The van der Waals surface area contributed by atoms with Gasteiger partial charge in [-0.15, -0.1) is 0 Å². The number of rotatable bonds is 5. The van der Waals surface area contributed by atoms with Crippen LogP contribution in [0, 0.1) is 0 Å². The van der Waals surface area contributed by atoms with Crippen LogP contribution >= 0.6 is 0 Å². The second-order valence-electron chi connectivity index (χ2n) is 4.72. The summed E-state index contributed by atoms with van der Waals surface area (Å²) in [4.78, 5) is 3.94. The van der Waals surface area contributed by atoms with E-state index >= 15 is 0 Å². The molecule has 0 radical (unpaired) electrons. The Morgan fingerprint density at radius 1 is 1.17 bits per heavy atom. The Balaban J connectivity index is 2.04. The van der Waals surface area contributed by atoms with E-state index in [9.17, 15) is 8.42 Å². The molecule has 1 N–H and O–H groups in total. The highest BCUT2D eigenvalue weighted by Crippen LogP contribution is 2.31. The molecule has 0 atom stereocenters. The fourth-order valence-corrected chi connectivity index (χ4v) is 3.37. The molecule has 3 aromatic rings. The monoisotopic (exact) mass is 330 g/mol. The average molecular weight is 330 g/mol. The molecule has 0 unspecified atom stereocenters. The van der Waals surface area contributed by atoms with E-state index in [0.29, 0.717) is 11.3 Å². The Kier molecular flexibility index (Phi) is 4.03. The van der Waals surface area contributed by atoms with Gasteiger partial charge in [0.25, 0.3) is 10.0 Å². The van der Waals surface area contributed by atoms with Crippen LogP contribution in [0.3, 0.4) is 0 Å². The molecule has 0 bridgehead atoms. The van der Waals surface area contributed by atoms with Crippen molar-refractivity contribution in [1.29, 1.82) is 0 Å². The van der Waals surface area contributed by atoms with Crippen LogP contribution < -0.4 is 9.46 Å². The molecule has 6 nitrogen and oxygen atoms in total. The third-order valence-electron chi connectivity index (χ3n) is 3.22. The first-order chi connectivity index (χ1) is 11.1. The molecule has 0 aliphatic carbocycles. The van der Waals surface area contributed by atoms with Crippen molar-refractivity contribution in [1.82, 2.24) is 4.98 Å². The lowest BCUT2D eigenvalue weighted by Crippen LogP contribution is -2.14. The lowest BCUT2D eigenvalue weighted by Gasteiger charge is -2.12. The standard InChI is InChI=1S/C16H14N2O4S/c1-21-15-5-4-12(13-6-8-22-11-13)9-16(15)23(19,20)18-14-3-2-7-17-10-14/h2-11,18H,1H3. The third kappa shape index (κ3) is 3.19. The molecule has 0 amide bonds. The number of hydrogen-bond acceptors (Lipinski definition) is 5. The summed E-state index contributed by atoms with van der Waals surface area (Å²) in [5.41, 5.74) is 1.87. The van der Waals surface area contributed by atoms with Crippen molar-refractivity contribution < 1.29 is 17.6 Å². The molecule has 0 saturated heterocycles. The minimum absolute atomic E-state index is 0.0440. The second kappa shape index (κ2) is 6.13. The second-order valence-corrected chi connectivity index (χ2v) is 6.38. The predicted octanol–water partition coefficient (Wildman–Crippen LogP) is 3.15. The molecule has 0 aliphatic heterocycles. The Bertz CT molecular complexity index is 891. The van der Waals surface area contributed by atoms with Crippen LogP contribution in [0.15, 0.2) is 70.6 Å².